The fraction of sp³-hybridized carbons (Fsp3) is 0.261. The van der Waals surface area contributed by atoms with Gasteiger partial charge in [0.05, 0.1) is 0 Å². The Kier molecular flexibility index (Phi) is 4.92. The Morgan fingerprint density at radius 1 is 1.07 bits per heavy atom. The van der Waals surface area contributed by atoms with Crippen molar-refractivity contribution in [2.75, 3.05) is 16.8 Å². The van der Waals surface area contributed by atoms with Crippen LogP contribution in [0.4, 0.5) is 17.3 Å². The highest BCUT2D eigenvalue weighted by molar-refractivity contribution is 5.95. The van der Waals surface area contributed by atoms with Crippen molar-refractivity contribution in [3.05, 3.63) is 81.3 Å². The molecule has 0 unspecified atom stereocenters. The first-order valence-corrected chi connectivity index (χ1v) is 9.73. The van der Waals surface area contributed by atoms with Crippen LogP contribution in [-0.2, 0) is 17.8 Å². The Morgan fingerprint density at radius 3 is 2.55 bits per heavy atom. The van der Waals surface area contributed by atoms with Crippen LogP contribution in [0.1, 0.15) is 22.4 Å². The average Bonchev–Trinajstić information content (AvgIpc) is 3.08. The molecule has 2 heterocycles. The third-order valence-electron chi connectivity index (χ3n) is 5.10. The Hall–Kier alpha value is -3.41. The van der Waals surface area contributed by atoms with Crippen LogP contribution in [0.3, 0.4) is 0 Å². The lowest BCUT2D eigenvalue weighted by Gasteiger charge is -2.20. The average molecular weight is 388 g/mol. The zero-order valence-electron chi connectivity index (χ0n) is 16.9. The number of anilines is 3. The van der Waals surface area contributed by atoms with E-state index in [4.69, 9.17) is 0 Å². The molecule has 0 saturated heterocycles. The van der Waals surface area contributed by atoms with Gasteiger partial charge in [-0.1, -0.05) is 24.3 Å². The molecule has 0 aliphatic carbocycles. The summed E-state index contributed by atoms with van der Waals surface area (Å²) in [6.45, 7) is 6.38. The number of nitrogens with zero attached hydrogens (tertiary/aromatic N) is 3. The molecule has 0 fully saturated rings. The monoisotopic (exact) mass is 388 g/mol. The molecular weight excluding hydrogens is 364 g/mol. The summed E-state index contributed by atoms with van der Waals surface area (Å²) in [7, 11) is 0. The minimum atomic E-state index is -0.245. The number of benzene rings is 2. The van der Waals surface area contributed by atoms with Gasteiger partial charge >= 0.3 is 0 Å². The molecule has 0 spiro atoms. The summed E-state index contributed by atoms with van der Waals surface area (Å²) in [6.07, 6.45) is 0.830. The summed E-state index contributed by atoms with van der Waals surface area (Å²) in [5, 5.41) is 3.23. The maximum Gasteiger partial charge on any atom is 0.255 e. The van der Waals surface area contributed by atoms with Gasteiger partial charge in [-0.25, -0.2) is 4.98 Å². The highest BCUT2D eigenvalue weighted by atomic mass is 16.2. The molecule has 0 saturated carbocycles. The zero-order valence-corrected chi connectivity index (χ0v) is 16.9. The molecule has 2 aromatic carbocycles. The zero-order chi connectivity index (χ0) is 20.5. The van der Waals surface area contributed by atoms with Crippen LogP contribution in [0.25, 0.3) is 0 Å². The predicted molar refractivity (Wildman–Crippen MR) is 115 cm³/mol. The molecule has 6 heteroatoms. The van der Waals surface area contributed by atoms with E-state index in [2.05, 4.69) is 16.4 Å². The maximum absolute atomic E-state index is 13.0. The lowest BCUT2D eigenvalue weighted by molar-refractivity contribution is -0.119. The molecule has 1 aliphatic rings. The van der Waals surface area contributed by atoms with E-state index in [1.54, 1.807) is 11.8 Å². The molecule has 0 atom stereocenters. The topological polar surface area (TPSA) is 67.2 Å². The van der Waals surface area contributed by atoms with Gasteiger partial charge in [0.25, 0.3) is 5.56 Å². The molecule has 1 N–H and O–H groups in total. The number of aryl methyl sites for hydroxylation is 3. The predicted octanol–water partition coefficient (Wildman–Crippen LogP) is 3.50. The Morgan fingerprint density at radius 2 is 1.79 bits per heavy atom. The molecule has 6 nitrogen and oxygen atoms in total. The molecule has 0 bridgehead atoms. The number of fused-ring (bicyclic) bond motifs is 1. The van der Waals surface area contributed by atoms with Crippen molar-refractivity contribution in [1.82, 2.24) is 9.55 Å². The number of rotatable bonds is 4. The Bertz CT molecular complexity index is 1130. The largest absolute Gasteiger partial charge is 0.325 e. The lowest BCUT2D eigenvalue weighted by Crippen LogP contribution is -2.36. The minimum Gasteiger partial charge on any atom is -0.325 e. The summed E-state index contributed by atoms with van der Waals surface area (Å²) in [6, 6.07) is 15.4. The molecule has 1 aliphatic heterocycles. The third kappa shape index (κ3) is 3.92. The van der Waals surface area contributed by atoms with E-state index in [1.165, 1.54) is 10.6 Å². The highest BCUT2D eigenvalue weighted by Crippen LogP contribution is 2.27. The van der Waals surface area contributed by atoms with Gasteiger partial charge in [0.1, 0.15) is 6.54 Å². The SMILES string of the molecule is Cc1cc(C)cc(Nc2nc(C)cc(=O)n2CC(=O)N2CCc3ccccc32)c1. The Balaban J connectivity index is 1.65. The molecule has 29 heavy (non-hydrogen) atoms. The number of amides is 1. The van der Waals surface area contributed by atoms with Crippen molar-refractivity contribution in [2.24, 2.45) is 0 Å². The molecule has 3 aromatic rings. The van der Waals surface area contributed by atoms with Crippen molar-refractivity contribution in [3.63, 3.8) is 0 Å². The number of aromatic nitrogens is 2. The van der Waals surface area contributed by atoms with E-state index in [0.29, 0.717) is 18.2 Å². The maximum atomic E-state index is 13.0. The third-order valence-corrected chi connectivity index (χ3v) is 5.10. The summed E-state index contributed by atoms with van der Waals surface area (Å²) in [5.41, 5.74) is 5.51. The summed E-state index contributed by atoms with van der Waals surface area (Å²) in [4.78, 5) is 32.0. The van der Waals surface area contributed by atoms with Gasteiger partial charge in [-0.15, -0.1) is 0 Å². The number of nitrogens with one attached hydrogen (secondary N) is 1. The van der Waals surface area contributed by atoms with Crippen LogP contribution in [0.2, 0.25) is 0 Å². The molecule has 1 amide bonds. The van der Waals surface area contributed by atoms with Crippen LogP contribution in [-0.4, -0.2) is 22.0 Å². The molecular formula is C23H24N4O2. The van der Waals surface area contributed by atoms with Gasteiger partial charge in [-0.05, 0) is 62.1 Å². The van der Waals surface area contributed by atoms with Crippen molar-refractivity contribution >= 4 is 23.2 Å². The number of para-hydroxylation sites is 1. The van der Waals surface area contributed by atoms with Crippen molar-refractivity contribution in [2.45, 2.75) is 33.7 Å². The smallest absolute Gasteiger partial charge is 0.255 e. The van der Waals surface area contributed by atoms with Crippen molar-refractivity contribution in [3.8, 4) is 0 Å². The molecule has 148 valence electrons. The van der Waals surface area contributed by atoms with E-state index < -0.39 is 0 Å². The first-order chi connectivity index (χ1) is 13.9. The van der Waals surface area contributed by atoms with Gasteiger partial charge in [0, 0.05) is 29.7 Å². The van der Waals surface area contributed by atoms with Gasteiger partial charge < -0.3 is 10.2 Å². The van der Waals surface area contributed by atoms with E-state index in [0.717, 1.165) is 34.5 Å². The van der Waals surface area contributed by atoms with E-state index in [-0.39, 0.29) is 18.0 Å². The Labute approximate surface area is 169 Å². The minimum absolute atomic E-state index is 0.0619. The molecule has 0 radical (unpaired) electrons. The number of hydrogen-bond donors (Lipinski definition) is 1. The highest BCUT2D eigenvalue weighted by Gasteiger charge is 2.25. The van der Waals surface area contributed by atoms with Crippen molar-refractivity contribution in [1.29, 1.82) is 0 Å². The number of carbonyl (C=O) groups is 1. The number of carbonyl (C=O) groups excluding carboxylic acids is 1. The van der Waals surface area contributed by atoms with E-state index in [1.807, 2.05) is 50.2 Å². The van der Waals surface area contributed by atoms with Crippen LogP contribution in [0.15, 0.2) is 53.3 Å². The normalized spacial score (nSPS) is 12.7. The lowest BCUT2D eigenvalue weighted by atomic mass is 10.1. The van der Waals surface area contributed by atoms with Crippen LogP contribution < -0.4 is 15.8 Å². The quantitative estimate of drug-likeness (QED) is 0.743. The second-order valence-corrected chi connectivity index (χ2v) is 7.57. The molecule has 1 aromatic heterocycles. The van der Waals surface area contributed by atoms with Crippen LogP contribution >= 0.6 is 0 Å². The fourth-order valence-electron chi connectivity index (χ4n) is 3.86. The second-order valence-electron chi connectivity index (χ2n) is 7.57. The van der Waals surface area contributed by atoms with Gasteiger partial charge in [0.15, 0.2) is 0 Å². The standard InChI is InChI=1S/C23H24N4O2/c1-15-10-16(2)12-19(11-15)25-23-24-17(3)13-21(28)27(23)14-22(29)26-9-8-18-6-4-5-7-20(18)26/h4-7,10-13H,8-9,14H2,1-3H3,(H,24,25). The van der Waals surface area contributed by atoms with Crippen molar-refractivity contribution < 1.29 is 4.79 Å². The first kappa shape index (κ1) is 18.9. The van der Waals surface area contributed by atoms with E-state index >= 15 is 0 Å². The summed E-state index contributed by atoms with van der Waals surface area (Å²) < 4.78 is 1.41. The first-order valence-electron chi connectivity index (χ1n) is 9.73. The summed E-state index contributed by atoms with van der Waals surface area (Å²) in [5.74, 6) is 0.256. The number of hydrogen-bond acceptors (Lipinski definition) is 4. The van der Waals surface area contributed by atoms with Crippen LogP contribution in [0, 0.1) is 20.8 Å². The summed E-state index contributed by atoms with van der Waals surface area (Å²) >= 11 is 0. The van der Waals surface area contributed by atoms with E-state index in [9.17, 15) is 9.59 Å². The van der Waals surface area contributed by atoms with Gasteiger partial charge in [-0.3, -0.25) is 14.2 Å². The van der Waals surface area contributed by atoms with Crippen LogP contribution in [0.5, 0.6) is 0 Å². The van der Waals surface area contributed by atoms with Gasteiger partial charge in [0.2, 0.25) is 11.9 Å². The van der Waals surface area contributed by atoms with Gasteiger partial charge in [-0.2, -0.15) is 0 Å². The molecule has 4 rings (SSSR count). The second kappa shape index (κ2) is 7.54. The fourth-order valence-corrected chi connectivity index (χ4v) is 3.86.